The van der Waals surface area contributed by atoms with E-state index in [0.717, 1.165) is 16.9 Å². The summed E-state index contributed by atoms with van der Waals surface area (Å²) >= 11 is 6.01. The average molecular weight is 407 g/mol. The quantitative estimate of drug-likeness (QED) is 0.722. The van der Waals surface area contributed by atoms with Crippen LogP contribution in [0.2, 0.25) is 5.02 Å². The summed E-state index contributed by atoms with van der Waals surface area (Å²) in [7, 11) is 0. The molecule has 0 radical (unpaired) electrons. The van der Waals surface area contributed by atoms with Gasteiger partial charge >= 0.3 is 6.09 Å². The van der Waals surface area contributed by atoms with Crippen molar-refractivity contribution in [3.05, 3.63) is 46.5 Å². The number of amides is 2. The summed E-state index contributed by atoms with van der Waals surface area (Å²) in [6, 6.07) is 5.41. The fraction of sp³-hybridized carbons (Fsp3) is 0.429. The van der Waals surface area contributed by atoms with Gasteiger partial charge in [0.25, 0.3) is 0 Å². The van der Waals surface area contributed by atoms with Crippen LogP contribution >= 0.6 is 11.6 Å². The molecule has 0 bridgehead atoms. The standard InChI is InChI=1S/C21H27ClN2O4/c1-20(2,3)28-19(26)23-13-21(4,5)24-18(25)9-6-14-10-15-11-16(22)7-8-17(15)27-12-14/h6-11H,12-13H2,1-5H3,(H,23,26)(H,24,25)/b9-6+. The van der Waals surface area contributed by atoms with Crippen molar-refractivity contribution in [1.82, 2.24) is 10.6 Å². The van der Waals surface area contributed by atoms with E-state index in [1.54, 1.807) is 32.9 Å². The number of halogens is 1. The number of nitrogens with one attached hydrogen (secondary N) is 2. The Balaban J connectivity index is 1.89. The Morgan fingerprint density at radius 2 is 1.96 bits per heavy atom. The second-order valence-electron chi connectivity index (χ2n) is 8.25. The van der Waals surface area contributed by atoms with Crippen molar-refractivity contribution in [2.45, 2.75) is 45.8 Å². The smallest absolute Gasteiger partial charge is 0.407 e. The molecule has 1 aromatic carbocycles. The molecule has 1 aromatic rings. The lowest BCUT2D eigenvalue weighted by molar-refractivity contribution is -0.118. The van der Waals surface area contributed by atoms with Crippen LogP contribution in [0.25, 0.3) is 6.08 Å². The Bertz CT molecular complexity index is 807. The van der Waals surface area contributed by atoms with Crippen molar-refractivity contribution < 1.29 is 19.1 Å². The number of alkyl carbamates (subject to hydrolysis) is 1. The number of benzene rings is 1. The summed E-state index contributed by atoms with van der Waals surface area (Å²) in [4.78, 5) is 24.0. The molecule has 28 heavy (non-hydrogen) atoms. The third-order valence-electron chi connectivity index (χ3n) is 3.69. The third-order valence-corrected chi connectivity index (χ3v) is 3.93. The van der Waals surface area contributed by atoms with Crippen molar-refractivity contribution in [1.29, 1.82) is 0 Å². The number of carbonyl (C=O) groups is 2. The molecular formula is C21H27ClN2O4. The summed E-state index contributed by atoms with van der Waals surface area (Å²) in [5.74, 6) is 0.495. The van der Waals surface area contributed by atoms with Crippen LogP contribution in [-0.2, 0) is 9.53 Å². The fourth-order valence-electron chi connectivity index (χ4n) is 2.47. The highest BCUT2D eigenvalue weighted by molar-refractivity contribution is 6.30. The van der Waals surface area contributed by atoms with Crippen LogP contribution in [0.3, 0.4) is 0 Å². The van der Waals surface area contributed by atoms with Crippen LogP contribution in [0.5, 0.6) is 5.75 Å². The third kappa shape index (κ3) is 7.27. The van der Waals surface area contributed by atoms with Crippen molar-refractivity contribution >= 4 is 29.7 Å². The van der Waals surface area contributed by atoms with E-state index in [-0.39, 0.29) is 12.5 Å². The van der Waals surface area contributed by atoms with Crippen molar-refractivity contribution in [2.24, 2.45) is 0 Å². The maximum absolute atomic E-state index is 12.2. The maximum atomic E-state index is 12.2. The highest BCUT2D eigenvalue weighted by atomic mass is 35.5. The van der Waals surface area contributed by atoms with E-state index < -0.39 is 17.2 Å². The molecule has 0 aromatic heterocycles. The minimum absolute atomic E-state index is 0.235. The van der Waals surface area contributed by atoms with E-state index in [4.69, 9.17) is 21.1 Å². The molecule has 0 saturated carbocycles. The highest BCUT2D eigenvalue weighted by Crippen LogP contribution is 2.29. The molecule has 0 aliphatic carbocycles. The molecular weight excluding hydrogens is 380 g/mol. The van der Waals surface area contributed by atoms with Crippen LogP contribution in [0, 0.1) is 0 Å². The van der Waals surface area contributed by atoms with E-state index in [1.165, 1.54) is 6.08 Å². The van der Waals surface area contributed by atoms with Gasteiger partial charge in [0.05, 0.1) is 5.54 Å². The van der Waals surface area contributed by atoms with Gasteiger partial charge in [0, 0.05) is 23.2 Å². The van der Waals surface area contributed by atoms with Gasteiger partial charge in [-0.3, -0.25) is 4.79 Å². The normalized spacial score (nSPS) is 14.0. The number of carbonyl (C=O) groups excluding carboxylic acids is 2. The second-order valence-corrected chi connectivity index (χ2v) is 8.69. The highest BCUT2D eigenvalue weighted by Gasteiger charge is 2.22. The molecule has 152 valence electrons. The zero-order valence-corrected chi connectivity index (χ0v) is 17.6. The first-order valence-electron chi connectivity index (χ1n) is 9.04. The summed E-state index contributed by atoms with van der Waals surface area (Å²) < 4.78 is 10.9. The SMILES string of the molecule is CC(C)(CNC(=O)OC(C)(C)C)NC(=O)/C=C/C1=Cc2cc(Cl)ccc2OC1. The van der Waals surface area contributed by atoms with Gasteiger partial charge in [-0.15, -0.1) is 0 Å². The van der Waals surface area contributed by atoms with E-state index >= 15 is 0 Å². The van der Waals surface area contributed by atoms with E-state index in [9.17, 15) is 9.59 Å². The first-order valence-corrected chi connectivity index (χ1v) is 9.41. The molecule has 0 spiro atoms. The molecule has 6 nitrogen and oxygen atoms in total. The molecule has 0 atom stereocenters. The minimum Gasteiger partial charge on any atom is -0.488 e. The molecule has 2 rings (SSSR count). The minimum atomic E-state index is -0.643. The number of rotatable bonds is 5. The van der Waals surface area contributed by atoms with Gasteiger partial charge in [-0.05, 0) is 64.5 Å². The predicted octanol–water partition coefficient (Wildman–Crippen LogP) is 4.09. The first kappa shape index (κ1) is 21.8. The Hall–Kier alpha value is -2.47. The van der Waals surface area contributed by atoms with Crippen LogP contribution in [0.15, 0.2) is 35.9 Å². The zero-order valence-electron chi connectivity index (χ0n) is 16.9. The Morgan fingerprint density at radius 1 is 1.25 bits per heavy atom. The number of hydrogen-bond acceptors (Lipinski definition) is 4. The number of fused-ring (bicyclic) bond motifs is 1. The van der Waals surface area contributed by atoms with E-state index in [1.807, 2.05) is 32.1 Å². The maximum Gasteiger partial charge on any atom is 0.407 e. The summed E-state index contributed by atoms with van der Waals surface area (Å²) in [5.41, 5.74) is 0.518. The topological polar surface area (TPSA) is 76.7 Å². The summed E-state index contributed by atoms with van der Waals surface area (Å²) in [6.45, 7) is 9.62. The molecule has 0 fully saturated rings. The Kier molecular flexibility index (Phi) is 6.77. The molecule has 0 saturated heterocycles. The van der Waals surface area contributed by atoms with Crippen molar-refractivity contribution in [3.8, 4) is 5.75 Å². The van der Waals surface area contributed by atoms with Gasteiger partial charge < -0.3 is 20.1 Å². The lowest BCUT2D eigenvalue weighted by Gasteiger charge is -2.27. The van der Waals surface area contributed by atoms with Crippen LogP contribution in [-0.4, -0.2) is 36.3 Å². The van der Waals surface area contributed by atoms with E-state index in [0.29, 0.717) is 11.6 Å². The Labute approximate surface area is 170 Å². The van der Waals surface area contributed by atoms with Gasteiger partial charge in [0.1, 0.15) is 18.0 Å². The number of hydrogen-bond donors (Lipinski definition) is 2. The molecule has 2 amide bonds. The van der Waals surface area contributed by atoms with Gasteiger partial charge in [-0.25, -0.2) is 4.79 Å². The predicted molar refractivity (Wildman–Crippen MR) is 111 cm³/mol. The van der Waals surface area contributed by atoms with Gasteiger partial charge in [0.15, 0.2) is 0 Å². The Morgan fingerprint density at radius 3 is 2.64 bits per heavy atom. The zero-order chi connectivity index (χ0) is 20.9. The molecule has 2 N–H and O–H groups in total. The van der Waals surface area contributed by atoms with Gasteiger partial charge in [-0.1, -0.05) is 17.7 Å². The lowest BCUT2D eigenvalue weighted by atomic mass is 10.1. The first-order chi connectivity index (χ1) is 12.9. The molecule has 0 unspecified atom stereocenters. The largest absolute Gasteiger partial charge is 0.488 e. The fourth-order valence-corrected chi connectivity index (χ4v) is 2.65. The average Bonchev–Trinajstić information content (AvgIpc) is 2.56. The van der Waals surface area contributed by atoms with Gasteiger partial charge in [-0.2, -0.15) is 0 Å². The van der Waals surface area contributed by atoms with Gasteiger partial charge in [0.2, 0.25) is 5.91 Å². The molecule has 1 aliphatic rings. The summed E-state index contributed by atoms with van der Waals surface area (Å²) in [5, 5.41) is 6.15. The van der Waals surface area contributed by atoms with Crippen LogP contribution in [0.1, 0.15) is 40.2 Å². The monoisotopic (exact) mass is 406 g/mol. The van der Waals surface area contributed by atoms with E-state index in [2.05, 4.69) is 10.6 Å². The second kappa shape index (κ2) is 8.69. The van der Waals surface area contributed by atoms with Crippen molar-refractivity contribution in [3.63, 3.8) is 0 Å². The number of ether oxygens (including phenoxy) is 2. The molecule has 7 heteroatoms. The van der Waals surface area contributed by atoms with Crippen LogP contribution in [0.4, 0.5) is 4.79 Å². The molecule has 1 aliphatic heterocycles. The lowest BCUT2D eigenvalue weighted by Crippen LogP contribution is -2.51. The van der Waals surface area contributed by atoms with Crippen LogP contribution < -0.4 is 15.4 Å². The van der Waals surface area contributed by atoms with Crippen molar-refractivity contribution in [2.75, 3.05) is 13.2 Å². The molecule has 1 heterocycles. The summed E-state index contributed by atoms with van der Waals surface area (Å²) in [6.07, 6.45) is 4.56.